The lowest BCUT2D eigenvalue weighted by atomic mass is 10.3. The minimum absolute atomic E-state index is 0.184. The molecule has 106 valence electrons. The number of hydrogen-bond acceptors (Lipinski definition) is 4. The van der Waals surface area contributed by atoms with Gasteiger partial charge in [-0.1, -0.05) is 6.92 Å². The van der Waals surface area contributed by atoms with Gasteiger partial charge in [-0.25, -0.2) is 13.8 Å². The fourth-order valence-corrected chi connectivity index (χ4v) is 1.57. The third-order valence-corrected chi connectivity index (χ3v) is 2.48. The van der Waals surface area contributed by atoms with E-state index in [9.17, 15) is 8.78 Å². The average Bonchev–Trinajstić information content (AvgIpc) is 2.40. The summed E-state index contributed by atoms with van der Waals surface area (Å²) >= 11 is 0. The van der Waals surface area contributed by atoms with Gasteiger partial charge in [0.25, 0.3) is 0 Å². The first-order valence-corrected chi connectivity index (χ1v) is 6.31. The lowest BCUT2D eigenvalue weighted by Gasteiger charge is -2.08. The minimum atomic E-state index is -0.961. The number of nitrogens with one attached hydrogen (secondary N) is 1. The first kappa shape index (κ1) is 14.2. The summed E-state index contributed by atoms with van der Waals surface area (Å²) in [5.74, 6) is -0.964. The van der Waals surface area contributed by atoms with Crippen molar-refractivity contribution in [3.8, 4) is 11.6 Å². The van der Waals surface area contributed by atoms with Gasteiger partial charge in [-0.3, -0.25) is 0 Å². The van der Waals surface area contributed by atoms with E-state index in [2.05, 4.69) is 15.3 Å². The smallest absolute Gasteiger partial charge is 0.226 e. The Morgan fingerprint density at radius 3 is 2.65 bits per heavy atom. The van der Waals surface area contributed by atoms with E-state index in [4.69, 9.17) is 4.74 Å². The molecular formula is C14H15F2N3O. The molecule has 2 aromatic rings. The molecular weight excluding hydrogens is 264 g/mol. The van der Waals surface area contributed by atoms with Crippen molar-refractivity contribution in [2.75, 3.05) is 11.9 Å². The van der Waals surface area contributed by atoms with Gasteiger partial charge in [0.15, 0.2) is 11.6 Å². The molecule has 4 nitrogen and oxygen atoms in total. The number of aryl methyl sites for hydroxylation is 1. The molecule has 6 heteroatoms. The Morgan fingerprint density at radius 2 is 1.95 bits per heavy atom. The first-order valence-electron chi connectivity index (χ1n) is 6.31. The van der Waals surface area contributed by atoms with Crippen LogP contribution in [0.1, 0.15) is 19.0 Å². The van der Waals surface area contributed by atoms with Gasteiger partial charge in [-0.15, -0.1) is 0 Å². The molecule has 0 bridgehead atoms. The second-order valence-electron chi connectivity index (χ2n) is 4.28. The molecule has 0 unspecified atom stereocenters. The van der Waals surface area contributed by atoms with Gasteiger partial charge in [0, 0.05) is 24.4 Å². The molecule has 2 rings (SSSR count). The summed E-state index contributed by atoms with van der Waals surface area (Å²) in [7, 11) is 0. The van der Waals surface area contributed by atoms with Crippen LogP contribution in [0, 0.1) is 18.6 Å². The van der Waals surface area contributed by atoms with Crippen molar-refractivity contribution in [2.24, 2.45) is 0 Å². The topological polar surface area (TPSA) is 47.0 Å². The number of rotatable bonds is 5. The standard InChI is InChI=1S/C14H15F2N3O/c1-3-6-17-14-18-9(2)7-13(19-14)20-10-4-5-11(15)12(16)8-10/h4-5,7-8H,3,6H2,1-2H3,(H,17,18,19). The number of hydrogen-bond donors (Lipinski definition) is 1. The SMILES string of the molecule is CCCNc1nc(C)cc(Oc2ccc(F)c(F)c2)n1. The second kappa shape index (κ2) is 6.27. The molecule has 0 atom stereocenters. The highest BCUT2D eigenvalue weighted by molar-refractivity contribution is 5.34. The van der Waals surface area contributed by atoms with Crippen molar-refractivity contribution in [1.29, 1.82) is 0 Å². The number of anilines is 1. The van der Waals surface area contributed by atoms with E-state index in [1.165, 1.54) is 6.07 Å². The van der Waals surface area contributed by atoms with Crippen molar-refractivity contribution in [3.63, 3.8) is 0 Å². The zero-order chi connectivity index (χ0) is 14.5. The van der Waals surface area contributed by atoms with Gasteiger partial charge in [0.05, 0.1) is 0 Å². The zero-order valence-corrected chi connectivity index (χ0v) is 11.3. The highest BCUT2D eigenvalue weighted by Gasteiger charge is 2.07. The Kier molecular flexibility index (Phi) is 4.45. The van der Waals surface area contributed by atoms with Crippen molar-refractivity contribution in [3.05, 3.63) is 41.6 Å². The molecule has 1 aromatic heterocycles. The third kappa shape index (κ3) is 3.63. The van der Waals surface area contributed by atoms with E-state index in [0.717, 1.165) is 30.8 Å². The Labute approximate surface area is 115 Å². The summed E-state index contributed by atoms with van der Waals surface area (Å²) < 4.78 is 31.4. The molecule has 0 aliphatic heterocycles. The van der Waals surface area contributed by atoms with Gasteiger partial charge < -0.3 is 10.1 Å². The second-order valence-corrected chi connectivity index (χ2v) is 4.28. The molecule has 0 radical (unpaired) electrons. The van der Waals surface area contributed by atoms with Crippen LogP contribution in [0.2, 0.25) is 0 Å². The van der Waals surface area contributed by atoms with Gasteiger partial charge in [-0.05, 0) is 25.5 Å². The van der Waals surface area contributed by atoms with E-state index in [0.29, 0.717) is 5.95 Å². The van der Waals surface area contributed by atoms with Crippen molar-refractivity contribution in [1.82, 2.24) is 9.97 Å². The molecule has 0 amide bonds. The molecule has 20 heavy (non-hydrogen) atoms. The largest absolute Gasteiger partial charge is 0.439 e. The van der Waals surface area contributed by atoms with Crippen LogP contribution in [0.4, 0.5) is 14.7 Å². The van der Waals surface area contributed by atoms with E-state index in [1.54, 1.807) is 13.0 Å². The predicted molar refractivity (Wildman–Crippen MR) is 72.0 cm³/mol. The van der Waals surface area contributed by atoms with Crippen LogP contribution in [0.15, 0.2) is 24.3 Å². The number of ether oxygens (including phenoxy) is 1. The van der Waals surface area contributed by atoms with Gasteiger partial charge in [-0.2, -0.15) is 4.98 Å². The van der Waals surface area contributed by atoms with Crippen molar-refractivity contribution >= 4 is 5.95 Å². The maximum atomic E-state index is 13.1. The molecule has 1 aromatic carbocycles. The highest BCUT2D eigenvalue weighted by Crippen LogP contribution is 2.22. The van der Waals surface area contributed by atoms with Crippen molar-refractivity contribution in [2.45, 2.75) is 20.3 Å². The Balaban J connectivity index is 2.19. The summed E-state index contributed by atoms with van der Waals surface area (Å²) in [6, 6.07) is 4.95. The van der Waals surface area contributed by atoms with E-state index >= 15 is 0 Å². The third-order valence-electron chi connectivity index (χ3n) is 2.48. The number of nitrogens with zero attached hydrogens (tertiary/aromatic N) is 2. The normalized spacial score (nSPS) is 10.4. The molecule has 0 aliphatic carbocycles. The van der Waals surface area contributed by atoms with E-state index in [1.807, 2.05) is 6.92 Å². The van der Waals surface area contributed by atoms with Crippen LogP contribution in [-0.2, 0) is 0 Å². The highest BCUT2D eigenvalue weighted by atomic mass is 19.2. The fraction of sp³-hybridized carbons (Fsp3) is 0.286. The molecule has 1 N–H and O–H groups in total. The van der Waals surface area contributed by atoms with Crippen molar-refractivity contribution < 1.29 is 13.5 Å². The van der Waals surface area contributed by atoms with E-state index < -0.39 is 11.6 Å². The molecule has 0 saturated heterocycles. The van der Waals surface area contributed by atoms with Crippen LogP contribution in [0.3, 0.4) is 0 Å². The predicted octanol–water partition coefficient (Wildman–Crippen LogP) is 3.68. The monoisotopic (exact) mass is 279 g/mol. The molecule has 0 fully saturated rings. The quantitative estimate of drug-likeness (QED) is 0.907. The summed E-state index contributed by atoms with van der Waals surface area (Å²) in [5.41, 5.74) is 0.719. The Bertz CT molecular complexity index is 605. The van der Waals surface area contributed by atoms with Crippen LogP contribution >= 0.6 is 0 Å². The van der Waals surface area contributed by atoms with E-state index in [-0.39, 0.29) is 11.6 Å². The first-order chi connectivity index (χ1) is 9.58. The lowest BCUT2D eigenvalue weighted by molar-refractivity contribution is 0.446. The number of halogens is 2. The summed E-state index contributed by atoms with van der Waals surface area (Å²) in [5, 5.41) is 3.05. The molecule has 1 heterocycles. The number of benzene rings is 1. The lowest BCUT2D eigenvalue weighted by Crippen LogP contribution is -2.05. The van der Waals surface area contributed by atoms with Crippen LogP contribution in [0.25, 0.3) is 0 Å². The van der Waals surface area contributed by atoms with Crippen LogP contribution in [0.5, 0.6) is 11.6 Å². The Hall–Kier alpha value is -2.24. The maximum Gasteiger partial charge on any atom is 0.226 e. The molecule has 0 aliphatic rings. The van der Waals surface area contributed by atoms with Crippen LogP contribution in [-0.4, -0.2) is 16.5 Å². The minimum Gasteiger partial charge on any atom is -0.439 e. The maximum absolute atomic E-state index is 13.1. The Morgan fingerprint density at radius 1 is 1.15 bits per heavy atom. The molecule has 0 saturated carbocycles. The van der Waals surface area contributed by atoms with Gasteiger partial charge >= 0.3 is 0 Å². The van der Waals surface area contributed by atoms with Gasteiger partial charge in [0.1, 0.15) is 5.75 Å². The molecule has 0 spiro atoms. The average molecular weight is 279 g/mol. The summed E-state index contributed by atoms with van der Waals surface area (Å²) in [6.07, 6.45) is 0.941. The zero-order valence-electron chi connectivity index (χ0n) is 11.3. The van der Waals surface area contributed by atoms with Gasteiger partial charge in [0.2, 0.25) is 11.8 Å². The number of aromatic nitrogens is 2. The van der Waals surface area contributed by atoms with Crippen LogP contribution < -0.4 is 10.1 Å². The summed E-state index contributed by atoms with van der Waals surface area (Å²) in [4.78, 5) is 8.37. The fourth-order valence-electron chi connectivity index (χ4n) is 1.57. The summed E-state index contributed by atoms with van der Waals surface area (Å²) in [6.45, 7) is 4.58.